The van der Waals surface area contributed by atoms with E-state index in [0.29, 0.717) is 11.6 Å². The van der Waals surface area contributed by atoms with Crippen molar-refractivity contribution in [2.45, 2.75) is 37.3 Å². The van der Waals surface area contributed by atoms with Gasteiger partial charge in [-0.1, -0.05) is 11.8 Å². The van der Waals surface area contributed by atoms with Crippen LogP contribution >= 0.6 is 23.5 Å². The second kappa shape index (κ2) is 5.41. The van der Waals surface area contributed by atoms with Crippen LogP contribution in [0.1, 0.15) is 25.7 Å². The van der Waals surface area contributed by atoms with Crippen LogP contribution in [0.25, 0.3) is 0 Å². The maximum absolute atomic E-state index is 5.45. The van der Waals surface area contributed by atoms with E-state index in [1.807, 2.05) is 11.8 Å². The monoisotopic (exact) mass is 272 g/mol. The van der Waals surface area contributed by atoms with Crippen molar-refractivity contribution in [3.63, 3.8) is 0 Å². The van der Waals surface area contributed by atoms with E-state index < -0.39 is 0 Å². The first-order valence-corrected chi connectivity index (χ1v) is 8.65. The summed E-state index contributed by atoms with van der Waals surface area (Å²) in [5, 5.41) is 4.88. The number of nitrogens with zero attached hydrogens (tertiary/aromatic N) is 1. The van der Waals surface area contributed by atoms with Crippen LogP contribution in [0, 0.1) is 0 Å². The predicted octanol–water partition coefficient (Wildman–Crippen LogP) is 2.12. The van der Waals surface area contributed by atoms with E-state index in [9.17, 15) is 0 Å². The van der Waals surface area contributed by atoms with Crippen molar-refractivity contribution in [2.75, 3.05) is 30.5 Å². The Morgan fingerprint density at radius 2 is 2.00 bits per heavy atom. The zero-order chi connectivity index (χ0) is 11.6. The molecule has 1 N–H and O–H groups in total. The summed E-state index contributed by atoms with van der Waals surface area (Å²) in [6.45, 7) is 1.81. The standard InChI is InChI=1S/C12H20N2OS2/c1-7-16-8-2-10(1)13-11-14-12(9-17-11)3-5-15-6-4-12/h10H,1-9H2,(H,13,14). The number of hydrogen-bond donors (Lipinski definition) is 1. The topological polar surface area (TPSA) is 33.6 Å². The molecule has 0 aromatic carbocycles. The number of ether oxygens (including phenoxy) is 1. The molecule has 3 rings (SSSR count). The zero-order valence-electron chi connectivity index (χ0n) is 10.1. The lowest BCUT2D eigenvalue weighted by Gasteiger charge is -2.32. The van der Waals surface area contributed by atoms with Crippen molar-refractivity contribution >= 4 is 28.7 Å². The fourth-order valence-electron chi connectivity index (χ4n) is 2.59. The SMILES string of the molecule is C1CC2(CCO1)CSC(=NC1CCSCC1)N2. The molecule has 5 heteroatoms. The third kappa shape index (κ3) is 2.93. The van der Waals surface area contributed by atoms with Gasteiger partial charge in [0.15, 0.2) is 5.17 Å². The van der Waals surface area contributed by atoms with Crippen LogP contribution in [0.4, 0.5) is 0 Å². The molecule has 0 saturated carbocycles. The highest BCUT2D eigenvalue weighted by molar-refractivity contribution is 8.14. The summed E-state index contributed by atoms with van der Waals surface area (Å²) in [5.41, 5.74) is 0.297. The fourth-order valence-corrected chi connectivity index (χ4v) is 4.95. The highest BCUT2D eigenvalue weighted by Gasteiger charge is 2.38. The Balaban J connectivity index is 1.60. The van der Waals surface area contributed by atoms with Crippen molar-refractivity contribution in [2.24, 2.45) is 4.99 Å². The number of hydrogen-bond acceptors (Lipinski definition) is 4. The summed E-state index contributed by atoms with van der Waals surface area (Å²) >= 11 is 3.98. The molecule has 3 saturated heterocycles. The minimum Gasteiger partial charge on any atom is -0.381 e. The second-order valence-corrected chi connectivity index (χ2v) is 7.27. The Hall–Kier alpha value is 0.130. The molecular formula is C12H20N2OS2. The zero-order valence-corrected chi connectivity index (χ0v) is 11.7. The van der Waals surface area contributed by atoms with Gasteiger partial charge in [-0.25, -0.2) is 0 Å². The van der Waals surface area contributed by atoms with Crippen molar-refractivity contribution < 1.29 is 4.74 Å². The van der Waals surface area contributed by atoms with Gasteiger partial charge in [-0.15, -0.1) is 0 Å². The molecule has 0 amide bonds. The van der Waals surface area contributed by atoms with Crippen LogP contribution in [0.3, 0.4) is 0 Å². The third-order valence-electron chi connectivity index (χ3n) is 3.80. The molecule has 1 spiro atoms. The first kappa shape index (κ1) is 12.2. The molecule has 96 valence electrons. The summed E-state index contributed by atoms with van der Waals surface area (Å²) in [4.78, 5) is 4.90. The molecule has 0 radical (unpaired) electrons. The molecule has 0 unspecified atom stereocenters. The lowest BCUT2D eigenvalue weighted by atomic mass is 9.93. The van der Waals surface area contributed by atoms with Gasteiger partial charge in [0.25, 0.3) is 0 Å². The Kier molecular flexibility index (Phi) is 3.87. The van der Waals surface area contributed by atoms with Crippen molar-refractivity contribution in [1.82, 2.24) is 5.32 Å². The smallest absolute Gasteiger partial charge is 0.157 e. The quantitative estimate of drug-likeness (QED) is 0.793. The van der Waals surface area contributed by atoms with Crippen LogP contribution < -0.4 is 5.32 Å². The molecule has 0 aromatic heterocycles. The van der Waals surface area contributed by atoms with E-state index >= 15 is 0 Å². The molecule has 3 heterocycles. The van der Waals surface area contributed by atoms with E-state index in [2.05, 4.69) is 17.1 Å². The number of amidine groups is 1. The maximum Gasteiger partial charge on any atom is 0.157 e. The van der Waals surface area contributed by atoms with Crippen LogP contribution in [0.15, 0.2) is 4.99 Å². The summed E-state index contributed by atoms with van der Waals surface area (Å²) in [7, 11) is 0. The molecule has 0 aliphatic carbocycles. The van der Waals surface area contributed by atoms with E-state index in [-0.39, 0.29) is 0 Å². The predicted molar refractivity (Wildman–Crippen MR) is 76.2 cm³/mol. The number of thioether (sulfide) groups is 2. The Morgan fingerprint density at radius 1 is 1.24 bits per heavy atom. The van der Waals surface area contributed by atoms with Crippen molar-refractivity contribution in [1.29, 1.82) is 0 Å². The fraction of sp³-hybridized carbons (Fsp3) is 0.917. The lowest BCUT2D eigenvalue weighted by Crippen LogP contribution is -2.48. The first-order valence-electron chi connectivity index (χ1n) is 6.51. The van der Waals surface area contributed by atoms with Gasteiger partial charge in [-0.2, -0.15) is 11.8 Å². The normalized spacial score (nSPS) is 31.9. The van der Waals surface area contributed by atoms with Gasteiger partial charge in [0.05, 0.1) is 11.6 Å². The van der Waals surface area contributed by atoms with E-state index in [1.165, 1.54) is 35.3 Å². The molecule has 0 aromatic rings. The largest absolute Gasteiger partial charge is 0.381 e. The second-order valence-electron chi connectivity index (χ2n) is 5.08. The molecule has 3 aliphatic rings. The van der Waals surface area contributed by atoms with Gasteiger partial charge in [-0.3, -0.25) is 4.99 Å². The van der Waals surface area contributed by atoms with E-state index in [1.54, 1.807) is 0 Å². The van der Waals surface area contributed by atoms with Gasteiger partial charge >= 0.3 is 0 Å². The Morgan fingerprint density at radius 3 is 2.76 bits per heavy atom. The molecular weight excluding hydrogens is 252 g/mol. The molecule has 3 nitrogen and oxygen atoms in total. The van der Waals surface area contributed by atoms with Crippen LogP contribution in [-0.4, -0.2) is 47.2 Å². The molecule has 3 fully saturated rings. The lowest BCUT2D eigenvalue weighted by molar-refractivity contribution is 0.0555. The molecule has 0 bridgehead atoms. The summed E-state index contributed by atoms with van der Waals surface area (Å²) in [5.74, 6) is 3.74. The van der Waals surface area contributed by atoms with Gasteiger partial charge in [0.1, 0.15) is 0 Å². The van der Waals surface area contributed by atoms with Crippen LogP contribution in [0.5, 0.6) is 0 Å². The maximum atomic E-state index is 5.45. The average Bonchev–Trinajstić information content (AvgIpc) is 2.74. The van der Waals surface area contributed by atoms with E-state index in [0.717, 1.165) is 26.1 Å². The number of rotatable bonds is 1. The Bertz CT molecular complexity index is 297. The van der Waals surface area contributed by atoms with Gasteiger partial charge in [0.2, 0.25) is 0 Å². The van der Waals surface area contributed by atoms with Crippen LogP contribution in [-0.2, 0) is 4.74 Å². The highest BCUT2D eigenvalue weighted by Crippen LogP contribution is 2.32. The van der Waals surface area contributed by atoms with Gasteiger partial charge in [-0.05, 0) is 37.2 Å². The third-order valence-corrected chi connectivity index (χ3v) is 6.02. The Labute approximate surface area is 112 Å². The molecule has 17 heavy (non-hydrogen) atoms. The summed E-state index contributed by atoms with van der Waals surface area (Å²) in [6, 6.07) is 0.571. The minimum absolute atomic E-state index is 0.297. The average molecular weight is 272 g/mol. The molecule has 0 atom stereocenters. The molecule has 3 aliphatic heterocycles. The van der Waals surface area contributed by atoms with Crippen molar-refractivity contribution in [3.05, 3.63) is 0 Å². The van der Waals surface area contributed by atoms with E-state index in [4.69, 9.17) is 9.73 Å². The van der Waals surface area contributed by atoms with Crippen molar-refractivity contribution in [3.8, 4) is 0 Å². The highest BCUT2D eigenvalue weighted by atomic mass is 32.2. The number of nitrogens with one attached hydrogen (secondary N) is 1. The van der Waals surface area contributed by atoms with Gasteiger partial charge in [0, 0.05) is 19.0 Å². The summed E-state index contributed by atoms with van der Waals surface area (Å²) < 4.78 is 5.45. The van der Waals surface area contributed by atoms with Crippen LogP contribution in [0.2, 0.25) is 0 Å². The number of aliphatic imine (C=N–C) groups is 1. The minimum atomic E-state index is 0.297. The van der Waals surface area contributed by atoms with Gasteiger partial charge < -0.3 is 10.1 Å². The first-order chi connectivity index (χ1) is 8.36. The summed E-state index contributed by atoms with van der Waals surface area (Å²) in [6.07, 6.45) is 4.79.